The first-order valence-corrected chi connectivity index (χ1v) is 17.2. The van der Waals surface area contributed by atoms with Gasteiger partial charge in [0.15, 0.2) is 0 Å². The topological polar surface area (TPSA) is 26.0 Å². The third kappa shape index (κ3) is 25.1. The molecule has 0 saturated carbocycles. The van der Waals surface area contributed by atoms with E-state index < -0.39 is 0 Å². The Balaban J connectivity index is 1.64. The van der Waals surface area contributed by atoms with Crippen molar-refractivity contribution >= 4 is 5.69 Å². The summed E-state index contributed by atoms with van der Waals surface area (Å²) < 4.78 is 0. The first kappa shape index (κ1) is 34.0. The van der Waals surface area contributed by atoms with Crippen molar-refractivity contribution < 1.29 is 0 Å². The zero-order valence-electron chi connectivity index (χ0n) is 25.4. The van der Waals surface area contributed by atoms with Crippen molar-refractivity contribution in [2.75, 3.05) is 5.73 Å². The lowest BCUT2D eigenvalue weighted by Crippen LogP contribution is -1.88. The summed E-state index contributed by atoms with van der Waals surface area (Å²) >= 11 is 0. The van der Waals surface area contributed by atoms with Crippen LogP contribution in [0.15, 0.2) is 24.3 Å². The number of benzene rings is 1. The summed E-state index contributed by atoms with van der Waals surface area (Å²) in [6.07, 6.45) is 42.1. The van der Waals surface area contributed by atoms with Crippen molar-refractivity contribution in [2.24, 2.45) is 0 Å². The molecule has 0 bridgehead atoms. The van der Waals surface area contributed by atoms with E-state index in [2.05, 4.69) is 19.1 Å². The summed E-state index contributed by atoms with van der Waals surface area (Å²) in [5.74, 6) is 0. The van der Waals surface area contributed by atoms with E-state index in [1.807, 2.05) is 12.1 Å². The lowest BCUT2D eigenvalue weighted by atomic mass is 10.0. The molecule has 0 aliphatic rings. The Morgan fingerprint density at radius 3 is 0.865 bits per heavy atom. The summed E-state index contributed by atoms with van der Waals surface area (Å²) in [6, 6.07) is 8.40. The van der Waals surface area contributed by atoms with Crippen LogP contribution in [0.4, 0.5) is 5.69 Å². The zero-order valence-corrected chi connectivity index (χ0v) is 25.4. The van der Waals surface area contributed by atoms with Crippen LogP contribution in [-0.4, -0.2) is 0 Å². The second-order valence-electron chi connectivity index (χ2n) is 12.0. The Morgan fingerprint density at radius 2 is 0.595 bits per heavy atom. The Kier molecular flexibility index (Phi) is 25.8. The molecule has 1 rings (SSSR count). The Labute approximate surface area is 234 Å². The Bertz CT molecular complexity index is 548. The van der Waals surface area contributed by atoms with Gasteiger partial charge < -0.3 is 5.73 Å². The molecule has 0 atom stereocenters. The minimum Gasteiger partial charge on any atom is -0.399 e. The lowest BCUT2D eigenvalue weighted by Gasteiger charge is -2.05. The molecule has 1 heteroatoms. The van der Waals surface area contributed by atoms with Gasteiger partial charge in [0.25, 0.3) is 0 Å². The maximum Gasteiger partial charge on any atom is 0.0314 e. The van der Waals surface area contributed by atoms with Crippen molar-refractivity contribution in [1.29, 1.82) is 0 Å². The summed E-state index contributed by atoms with van der Waals surface area (Å²) in [4.78, 5) is 0. The fourth-order valence-electron chi connectivity index (χ4n) is 5.68. The highest BCUT2D eigenvalue weighted by molar-refractivity contribution is 5.39. The summed E-state index contributed by atoms with van der Waals surface area (Å²) in [7, 11) is 0. The van der Waals surface area contributed by atoms with Gasteiger partial charge >= 0.3 is 0 Å². The second kappa shape index (κ2) is 28.0. The summed E-state index contributed by atoms with van der Waals surface area (Å²) in [6.45, 7) is 2.31. The molecule has 1 aromatic rings. The molecule has 0 aromatic heterocycles. The number of hydrogen-bond acceptors (Lipinski definition) is 1. The highest BCUT2D eigenvalue weighted by Gasteiger charge is 1.97. The molecule has 0 fully saturated rings. The van der Waals surface area contributed by atoms with Crippen LogP contribution in [0, 0.1) is 0 Å². The molecule has 2 N–H and O–H groups in total. The van der Waals surface area contributed by atoms with Crippen molar-refractivity contribution in [3.63, 3.8) is 0 Å². The minimum absolute atomic E-state index is 0.874. The number of hydrogen-bond donors (Lipinski definition) is 1. The molecule has 0 radical (unpaired) electrons. The number of nitrogen functional groups attached to an aromatic ring is 1. The largest absolute Gasteiger partial charge is 0.399 e. The van der Waals surface area contributed by atoms with Crippen LogP contribution >= 0.6 is 0 Å². The molecule has 0 aliphatic heterocycles. The second-order valence-corrected chi connectivity index (χ2v) is 12.0. The molecule has 1 aromatic carbocycles. The summed E-state index contributed by atoms with van der Waals surface area (Å²) in [5, 5.41) is 0. The molecule has 216 valence electrons. The van der Waals surface area contributed by atoms with E-state index >= 15 is 0 Å². The molecule has 37 heavy (non-hydrogen) atoms. The fourth-order valence-corrected chi connectivity index (χ4v) is 5.68. The molecule has 1 nitrogen and oxygen atoms in total. The predicted molar refractivity (Wildman–Crippen MR) is 170 cm³/mol. The molecule has 0 unspecified atom stereocenters. The van der Waals surface area contributed by atoms with Crippen molar-refractivity contribution in [2.45, 2.75) is 193 Å². The van der Waals surface area contributed by atoms with Gasteiger partial charge in [0, 0.05) is 5.69 Å². The lowest BCUT2D eigenvalue weighted by molar-refractivity contribution is 0.514. The fraction of sp³-hybridized carbons (Fsp3) is 0.833. The third-order valence-electron chi connectivity index (χ3n) is 8.30. The van der Waals surface area contributed by atoms with Gasteiger partial charge in [-0.3, -0.25) is 0 Å². The van der Waals surface area contributed by atoms with Gasteiger partial charge in [-0.05, 0) is 30.5 Å². The number of unbranched alkanes of at least 4 members (excludes halogenated alkanes) is 27. The molecule has 0 heterocycles. The Morgan fingerprint density at radius 1 is 0.351 bits per heavy atom. The van der Waals surface area contributed by atoms with E-state index in [-0.39, 0.29) is 0 Å². The molecule has 0 aliphatic carbocycles. The number of nitrogens with two attached hydrogens (primary N) is 1. The zero-order chi connectivity index (χ0) is 26.5. The number of anilines is 1. The van der Waals surface area contributed by atoms with E-state index in [1.54, 1.807) is 0 Å². The third-order valence-corrected chi connectivity index (χ3v) is 8.30. The van der Waals surface area contributed by atoms with Gasteiger partial charge in [0.1, 0.15) is 0 Å². The van der Waals surface area contributed by atoms with Crippen molar-refractivity contribution in [3.8, 4) is 0 Å². The smallest absolute Gasteiger partial charge is 0.0314 e. The molecule has 0 spiro atoms. The highest BCUT2D eigenvalue weighted by Crippen LogP contribution is 2.17. The van der Waals surface area contributed by atoms with Gasteiger partial charge in [-0.1, -0.05) is 192 Å². The Hall–Kier alpha value is -0.980. The normalized spacial score (nSPS) is 11.4. The summed E-state index contributed by atoms with van der Waals surface area (Å²) in [5.41, 5.74) is 8.06. The van der Waals surface area contributed by atoms with E-state index in [0.29, 0.717) is 0 Å². The average Bonchev–Trinajstić information content (AvgIpc) is 2.91. The first-order valence-electron chi connectivity index (χ1n) is 17.2. The maximum absolute atomic E-state index is 5.75. The van der Waals surface area contributed by atoms with E-state index in [1.165, 1.54) is 192 Å². The van der Waals surface area contributed by atoms with Crippen LogP contribution in [0.25, 0.3) is 0 Å². The molecule has 0 saturated heterocycles. The maximum atomic E-state index is 5.75. The SMILES string of the molecule is CCCCCCCCCCCCCCCCCCCCCCCCCCCCCCc1ccc(N)cc1. The minimum atomic E-state index is 0.874. The van der Waals surface area contributed by atoms with E-state index in [9.17, 15) is 0 Å². The first-order chi connectivity index (χ1) is 18.3. The van der Waals surface area contributed by atoms with Crippen LogP contribution < -0.4 is 5.73 Å². The van der Waals surface area contributed by atoms with E-state index in [0.717, 1.165) is 5.69 Å². The van der Waals surface area contributed by atoms with Crippen molar-refractivity contribution in [1.82, 2.24) is 0 Å². The van der Waals surface area contributed by atoms with Gasteiger partial charge in [-0.15, -0.1) is 0 Å². The van der Waals surface area contributed by atoms with Crippen LogP contribution in [0.3, 0.4) is 0 Å². The van der Waals surface area contributed by atoms with E-state index in [4.69, 9.17) is 5.73 Å². The van der Waals surface area contributed by atoms with Gasteiger partial charge in [-0.2, -0.15) is 0 Å². The van der Waals surface area contributed by atoms with Gasteiger partial charge in [0.05, 0.1) is 0 Å². The molecular formula is C36H67N. The average molecular weight is 514 g/mol. The van der Waals surface area contributed by atoms with Gasteiger partial charge in [0.2, 0.25) is 0 Å². The number of rotatable bonds is 29. The van der Waals surface area contributed by atoms with Crippen LogP contribution in [0.5, 0.6) is 0 Å². The predicted octanol–water partition coefficient (Wildman–Crippen LogP) is 12.8. The molecule has 0 amide bonds. The number of aryl methyl sites for hydroxylation is 1. The quantitative estimate of drug-likeness (QED) is 0.0836. The monoisotopic (exact) mass is 514 g/mol. The van der Waals surface area contributed by atoms with Crippen molar-refractivity contribution in [3.05, 3.63) is 29.8 Å². The van der Waals surface area contributed by atoms with Crippen LogP contribution in [0.2, 0.25) is 0 Å². The van der Waals surface area contributed by atoms with Crippen LogP contribution in [-0.2, 0) is 6.42 Å². The molecular weight excluding hydrogens is 446 g/mol. The van der Waals surface area contributed by atoms with Crippen LogP contribution in [0.1, 0.15) is 192 Å². The highest BCUT2D eigenvalue weighted by atomic mass is 14.5. The van der Waals surface area contributed by atoms with Gasteiger partial charge in [-0.25, -0.2) is 0 Å². The standard InChI is InChI=1S/C36H67N/c1-2-3-4-5-6-7-8-9-10-11-12-13-14-15-16-17-18-19-20-21-22-23-24-25-26-27-28-29-30-35-31-33-36(37)34-32-35/h31-34H,2-30,37H2,1H3.